The van der Waals surface area contributed by atoms with Crippen molar-refractivity contribution >= 4 is 23.8 Å². The van der Waals surface area contributed by atoms with E-state index in [1.807, 2.05) is 6.92 Å². The summed E-state index contributed by atoms with van der Waals surface area (Å²) in [4.78, 5) is 38.4. The molecule has 0 saturated carbocycles. The van der Waals surface area contributed by atoms with Gasteiger partial charge in [0.2, 0.25) is 6.10 Å². The summed E-state index contributed by atoms with van der Waals surface area (Å²) in [6, 6.07) is -0.137. The maximum atomic E-state index is 12.5. The van der Waals surface area contributed by atoms with Gasteiger partial charge >= 0.3 is 18.2 Å². The highest BCUT2D eigenvalue weighted by Crippen LogP contribution is 2.30. The van der Waals surface area contributed by atoms with Crippen LogP contribution in [0.2, 0.25) is 0 Å². The number of amides is 2. The van der Waals surface area contributed by atoms with Gasteiger partial charge in [-0.05, 0) is 27.7 Å². The van der Waals surface area contributed by atoms with Crippen LogP contribution in [-0.2, 0) is 27.4 Å². The van der Waals surface area contributed by atoms with E-state index in [0.29, 0.717) is 17.9 Å². The highest BCUT2D eigenvalue weighted by Gasteiger charge is 2.40. The summed E-state index contributed by atoms with van der Waals surface area (Å²) in [5.74, 6) is -1.20. The van der Waals surface area contributed by atoms with Crippen LogP contribution in [0.15, 0.2) is 6.20 Å². The molecule has 26 heavy (non-hydrogen) atoms. The maximum Gasteiger partial charge on any atom is 0.415 e. The molecule has 1 aromatic heterocycles. The largest absolute Gasteiger partial charge is 0.478 e. The summed E-state index contributed by atoms with van der Waals surface area (Å²) < 4.78 is 12.0. The minimum absolute atomic E-state index is 0.102. The van der Waals surface area contributed by atoms with Gasteiger partial charge < -0.3 is 14.6 Å². The number of aliphatic carboxylic acids is 1. The first-order valence-corrected chi connectivity index (χ1v) is 8.32. The van der Waals surface area contributed by atoms with E-state index in [4.69, 9.17) is 14.6 Å². The summed E-state index contributed by atoms with van der Waals surface area (Å²) in [5.41, 5.74) is 0.460. The normalized spacial score (nSPS) is 22.8. The predicted octanol–water partition coefficient (Wildman–Crippen LogP) is 1.43. The Bertz CT molecular complexity index is 752. The molecule has 1 aromatic rings. The van der Waals surface area contributed by atoms with Crippen molar-refractivity contribution in [1.29, 1.82) is 0 Å². The summed E-state index contributed by atoms with van der Waals surface area (Å²) >= 11 is 0. The summed E-state index contributed by atoms with van der Waals surface area (Å²) in [7, 11) is 0. The molecule has 3 rings (SSSR count). The minimum atomic E-state index is -1.22. The zero-order valence-electron chi connectivity index (χ0n) is 15.1. The van der Waals surface area contributed by atoms with Crippen LogP contribution >= 0.6 is 0 Å². The number of hydrogen-bond donors (Lipinski definition) is 1. The van der Waals surface area contributed by atoms with Crippen LogP contribution in [-0.4, -0.2) is 62.2 Å². The van der Waals surface area contributed by atoms with Gasteiger partial charge in [0.1, 0.15) is 5.60 Å². The molecule has 0 aliphatic carbocycles. The van der Waals surface area contributed by atoms with Crippen LogP contribution in [0.5, 0.6) is 0 Å². The lowest BCUT2D eigenvalue weighted by molar-refractivity contribution is -0.144. The van der Waals surface area contributed by atoms with Crippen LogP contribution in [0.25, 0.3) is 0 Å². The lowest BCUT2D eigenvalue weighted by Gasteiger charge is -2.35. The third kappa shape index (κ3) is 3.31. The van der Waals surface area contributed by atoms with Crippen molar-refractivity contribution < 1.29 is 29.0 Å². The molecule has 10 nitrogen and oxygen atoms in total. The van der Waals surface area contributed by atoms with Crippen molar-refractivity contribution in [3.8, 4) is 0 Å². The number of anilines is 1. The molecular formula is C16H22N4O6. The van der Waals surface area contributed by atoms with Crippen LogP contribution in [0.1, 0.15) is 33.4 Å². The fourth-order valence-corrected chi connectivity index (χ4v) is 2.97. The van der Waals surface area contributed by atoms with Gasteiger partial charge in [-0.2, -0.15) is 5.10 Å². The predicted molar refractivity (Wildman–Crippen MR) is 88.7 cm³/mol. The third-order valence-electron chi connectivity index (χ3n) is 4.22. The Morgan fingerprint density at radius 3 is 2.62 bits per heavy atom. The Hall–Kier alpha value is -2.78. The van der Waals surface area contributed by atoms with E-state index in [9.17, 15) is 14.4 Å². The number of rotatable bonds is 2. The molecule has 142 valence electrons. The molecule has 0 radical (unpaired) electrons. The van der Waals surface area contributed by atoms with Crippen LogP contribution < -0.4 is 4.90 Å². The SMILES string of the molecule is C[C@H]1Cn2ncc(N3CC(C(=O)O)OC3=O)c2CN1C(=O)OC(C)(C)C. The molecule has 10 heteroatoms. The first-order chi connectivity index (χ1) is 12.1. The van der Waals surface area contributed by atoms with Crippen molar-refractivity contribution in [2.24, 2.45) is 0 Å². The van der Waals surface area contributed by atoms with Gasteiger partial charge in [-0.1, -0.05) is 0 Å². The Morgan fingerprint density at radius 1 is 1.35 bits per heavy atom. The van der Waals surface area contributed by atoms with Gasteiger partial charge in [0.25, 0.3) is 0 Å². The number of carbonyl (C=O) groups is 3. The number of carboxylic acid groups (broad SMARTS) is 1. The van der Waals surface area contributed by atoms with Gasteiger partial charge in [-0.15, -0.1) is 0 Å². The highest BCUT2D eigenvalue weighted by molar-refractivity contribution is 5.94. The van der Waals surface area contributed by atoms with E-state index >= 15 is 0 Å². The van der Waals surface area contributed by atoms with Gasteiger partial charge in [0, 0.05) is 0 Å². The second-order valence-corrected chi connectivity index (χ2v) is 7.44. The van der Waals surface area contributed by atoms with Gasteiger partial charge in [0.15, 0.2) is 0 Å². The van der Waals surface area contributed by atoms with Crippen LogP contribution in [0.3, 0.4) is 0 Å². The molecule has 2 amide bonds. The van der Waals surface area contributed by atoms with Crippen LogP contribution in [0, 0.1) is 0 Å². The second kappa shape index (κ2) is 6.19. The zero-order chi connectivity index (χ0) is 19.2. The standard InChI is InChI=1S/C16H22N4O6/c1-9-6-20-11(7-18(9)15(24)26-16(2,3)4)10(5-17-20)19-8-12(13(21)22)25-14(19)23/h5,9,12H,6-8H2,1-4H3,(H,21,22)/t9-,12?/m0/s1. The van der Waals surface area contributed by atoms with Gasteiger partial charge in [-0.25, -0.2) is 14.4 Å². The number of nitrogens with zero attached hydrogens (tertiary/aromatic N) is 4. The first-order valence-electron chi connectivity index (χ1n) is 8.32. The Kier molecular flexibility index (Phi) is 4.29. The molecule has 1 saturated heterocycles. The lowest BCUT2D eigenvalue weighted by Crippen LogP contribution is -2.47. The number of cyclic esters (lactones) is 1. The molecule has 0 aromatic carbocycles. The molecule has 1 N–H and O–H groups in total. The van der Waals surface area contributed by atoms with E-state index < -0.39 is 29.9 Å². The molecule has 1 unspecified atom stereocenters. The quantitative estimate of drug-likeness (QED) is 0.842. The van der Waals surface area contributed by atoms with E-state index in [2.05, 4.69) is 5.10 Å². The molecule has 0 bridgehead atoms. The van der Waals surface area contributed by atoms with E-state index in [-0.39, 0.29) is 19.1 Å². The minimum Gasteiger partial charge on any atom is -0.478 e. The Labute approximate surface area is 150 Å². The smallest absolute Gasteiger partial charge is 0.415 e. The topological polar surface area (TPSA) is 114 Å². The van der Waals surface area contributed by atoms with E-state index in [1.54, 1.807) is 30.4 Å². The third-order valence-corrected chi connectivity index (χ3v) is 4.22. The van der Waals surface area contributed by atoms with E-state index in [1.165, 1.54) is 11.1 Å². The number of fused-ring (bicyclic) bond motifs is 1. The second-order valence-electron chi connectivity index (χ2n) is 7.44. The van der Waals surface area contributed by atoms with Crippen molar-refractivity contribution in [3.05, 3.63) is 11.9 Å². The first kappa shape index (κ1) is 18.0. The molecule has 3 heterocycles. The molecule has 0 spiro atoms. The number of aromatic nitrogens is 2. The summed E-state index contributed by atoms with van der Waals surface area (Å²) in [5, 5.41) is 13.3. The number of hydrogen-bond acceptors (Lipinski definition) is 6. The fraction of sp³-hybridized carbons (Fsp3) is 0.625. The van der Waals surface area contributed by atoms with E-state index in [0.717, 1.165) is 0 Å². The van der Waals surface area contributed by atoms with Crippen molar-refractivity contribution in [2.75, 3.05) is 11.4 Å². The zero-order valence-corrected chi connectivity index (χ0v) is 15.1. The molecular weight excluding hydrogens is 344 g/mol. The lowest BCUT2D eigenvalue weighted by atomic mass is 10.1. The number of carbonyl (C=O) groups excluding carboxylic acids is 2. The van der Waals surface area contributed by atoms with Crippen LogP contribution in [0.4, 0.5) is 15.3 Å². The van der Waals surface area contributed by atoms with Crippen molar-refractivity contribution in [1.82, 2.24) is 14.7 Å². The average molecular weight is 366 g/mol. The van der Waals surface area contributed by atoms with Gasteiger partial charge in [-0.3, -0.25) is 14.5 Å². The monoisotopic (exact) mass is 366 g/mol. The molecule has 1 fully saturated rings. The summed E-state index contributed by atoms with van der Waals surface area (Å²) in [6.07, 6.45) is -0.916. The van der Waals surface area contributed by atoms with Gasteiger partial charge in [0.05, 0.1) is 43.3 Å². The van der Waals surface area contributed by atoms with Crippen molar-refractivity contribution in [3.63, 3.8) is 0 Å². The highest BCUT2D eigenvalue weighted by atomic mass is 16.6. The molecule has 2 aliphatic heterocycles. The maximum absolute atomic E-state index is 12.5. The molecule has 2 aliphatic rings. The Balaban J connectivity index is 1.84. The summed E-state index contributed by atoms with van der Waals surface area (Å²) in [6.45, 7) is 7.81. The Morgan fingerprint density at radius 2 is 2.04 bits per heavy atom. The number of carboxylic acids is 1. The average Bonchev–Trinajstić information content (AvgIpc) is 3.07. The molecule has 2 atom stereocenters. The fourth-order valence-electron chi connectivity index (χ4n) is 2.97. The number of ether oxygens (including phenoxy) is 2. The van der Waals surface area contributed by atoms with Crippen molar-refractivity contribution in [2.45, 2.75) is 58.5 Å².